The molecule has 2 amide bonds. The van der Waals surface area contributed by atoms with Gasteiger partial charge in [0.25, 0.3) is 5.91 Å². The van der Waals surface area contributed by atoms with Crippen molar-refractivity contribution in [2.75, 3.05) is 38.3 Å². The van der Waals surface area contributed by atoms with E-state index < -0.39 is 6.10 Å². The number of carbonyl (C=O) groups excluding carboxylic acids is 2. The molecule has 0 bridgehead atoms. The van der Waals surface area contributed by atoms with Crippen LogP contribution in [-0.2, 0) is 20.7 Å². The van der Waals surface area contributed by atoms with Gasteiger partial charge in [0.2, 0.25) is 5.91 Å². The summed E-state index contributed by atoms with van der Waals surface area (Å²) >= 11 is 1.59. The quantitative estimate of drug-likeness (QED) is 0.706. The molecule has 1 fully saturated rings. The van der Waals surface area contributed by atoms with E-state index >= 15 is 0 Å². The van der Waals surface area contributed by atoms with Crippen LogP contribution in [0.1, 0.15) is 31.2 Å². The summed E-state index contributed by atoms with van der Waals surface area (Å²) in [5, 5.41) is 3.01. The third-order valence-electron chi connectivity index (χ3n) is 5.54. The van der Waals surface area contributed by atoms with Crippen LogP contribution in [0.5, 0.6) is 5.75 Å². The van der Waals surface area contributed by atoms with Crippen molar-refractivity contribution in [3.63, 3.8) is 0 Å². The van der Waals surface area contributed by atoms with Crippen LogP contribution in [0.2, 0.25) is 0 Å². The van der Waals surface area contributed by atoms with Gasteiger partial charge in [0.1, 0.15) is 12.3 Å². The minimum Gasteiger partial charge on any atom is -0.479 e. The summed E-state index contributed by atoms with van der Waals surface area (Å²) < 4.78 is 10.9. The van der Waals surface area contributed by atoms with Crippen LogP contribution in [0.3, 0.4) is 0 Å². The molecule has 2 aromatic rings. The maximum atomic E-state index is 12.9. The average molecular weight is 430 g/mol. The molecule has 2 aliphatic rings. The highest BCUT2D eigenvalue weighted by Gasteiger charge is 2.34. The Labute approximate surface area is 180 Å². The first-order chi connectivity index (χ1) is 14.6. The highest BCUT2D eigenvalue weighted by atomic mass is 32.1. The monoisotopic (exact) mass is 429 g/mol. The molecular formula is C22H27N3O4S. The van der Waals surface area contributed by atoms with E-state index in [1.54, 1.807) is 30.3 Å². The molecule has 0 radical (unpaired) electrons. The first kappa shape index (κ1) is 20.8. The zero-order chi connectivity index (χ0) is 21.1. The molecule has 1 unspecified atom stereocenters. The molecule has 1 saturated heterocycles. The molecule has 0 saturated carbocycles. The first-order valence-electron chi connectivity index (χ1n) is 10.4. The molecule has 1 aromatic heterocycles. The number of methoxy groups -OCH3 is 1. The van der Waals surface area contributed by atoms with Gasteiger partial charge in [-0.05, 0) is 44.4 Å². The predicted molar refractivity (Wildman–Crippen MR) is 116 cm³/mol. The molecule has 2 aliphatic heterocycles. The number of fused-ring (bicyclic) bond motifs is 1. The van der Waals surface area contributed by atoms with Crippen LogP contribution in [0.25, 0.3) is 11.3 Å². The molecule has 0 spiro atoms. The van der Waals surface area contributed by atoms with Crippen molar-refractivity contribution in [2.45, 2.75) is 38.7 Å². The number of likely N-dealkylation sites (tertiary alicyclic amines) is 1. The number of aromatic nitrogens is 1. The van der Waals surface area contributed by atoms with E-state index in [-0.39, 0.29) is 18.4 Å². The second-order valence-corrected chi connectivity index (χ2v) is 8.62. The van der Waals surface area contributed by atoms with Gasteiger partial charge >= 0.3 is 0 Å². The van der Waals surface area contributed by atoms with Gasteiger partial charge in [-0.15, -0.1) is 11.3 Å². The highest BCUT2D eigenvalue weighted by Crippen LogP contribution is 2.38. The summed E-state index contributed by atoms with van der Waals surface area (Å²) in [5.41, 5.74) is 2.38. The van der Waals surface area contributed by atoms with Gasteiger partial charge in [-0.25, -0.2) is 4.98 Å². The van der Waals surface area contributed by atoms with Crippen molar-refractivity contribution >= 4 is 28.8 Å². The zero-order valence-corrected chi connectivity index (χ0v) is 18.2. The van der Waals surface area contributed by atoms with E-state index in [1.165, 1.54) is 0 Å². The Morgan fingerprint density at radius 3 is 2.87 bits per heavy atom. The topological polar surface area (TPSA) is 72.0 Å². The summed E-state index contributed by atoms with van der Waals surface area (Å²) in [6.07, 6.45) is 3.35. The molecular weight excluding hydrogens is 402 g/mol. The van der Waals surface area contributed by atoms with E-state index in [4.69, 9.17) is 9.47 Å². The number of nitrogens with zero attached hydrogens (tertiary/aromatic N) is 3. The maximum Gasteiger partial charge on any atom is 0.268 e. The fourth-order valence-corrected chi connectivity index (χ4v) is 4.64. The van der Waals surface area contributed by atoms with Gasteiger partial charge < -0.3 is 14.4 Å². The lowest BCUT2D eigenvalue weighted by Gasteiger charge is -2.35. The lowest BCUT2D eigenvalue weighted by molar-refractivity contribution is -0.133. The van der Waals surface area contributed by atoms with Gasteiger partial charge in [-0.3, -0.25) is 14.5 Å². The molecule has 160 valence electrons. The van der Waals surface area contributed by atoms with Crippen LogP contribution in [-0.4, -0.2) is 61.2 Å². The molecule has 0 aliphatic carbocycles. The summed E-state index contributed by atoms with van der Waals surface area (Å²) in [6, 6.07) is 5.71. The van der Waals surface area contributed by atoms with Crippen LogP contribution >= 0.6 is 11.3 Å². The number of thiazole rings is 1. The summed E-state index contributed by atoms with van der Waals surface area (Å²) in [6.45, 7) is 3.93. The summed E-state index contributed by atoms with van der Waals surface area (Å²) in [5.74, 6) is 0.417. The number of hydrogen-bond acceptors (Lipinski definition) is 6. The molecule has 1 atom stereocenters. The van der Waals surface area contributed by atoms with Crippen molar-refractivity contribution in [3.8, 4) is 17.0 Å². The minimum atomic E-state index is -0.613. The highest BCUT2D eigenvalue weighted by molar-refractivity contribution is 7.09. The van der Waals surface area contributed by atoms with E-state index in [9.17, 15) is 9.59 Å². The lowest BCUT2D eigenvalue weighted by Crippen LogP contribution is -2.50. The number of hydrogen-bond donors (Lipinski definition) is 0. The fraction of sp³-hybridized carbons (Fsp3) is 0.500. The maximum absolute atomic E-state index is 12.9. The zero-order valence-electron chi connectivity index (χ0n) is 17.4. The van der Waals surface area contributed by atoms with E-state index in [0.717, 1.165) is 55.0 Å². The number of benzene rings is 1. The van der Waals surface area contributed by atoms with E-state index in [2.05, 4.69) is 4.98 Å². The largest absolute Gasteiger partial charge is 0.479 e. The van der Waals surface area contributed by atoms with Crippen molar-refractivity contribution in [2.24, 2.45) is 0 Å². The normalized spacial score (nSPS) is 18.9. The molecule has 3 heterocycles. The Balaban J connectivity index is 1.59. The van der Waals surface area contributed by atoms with Crippen molar-refractivity contribution in [1.29, 1.82) is 0 Å². The molecule has 8 heteroatoms. The van der Waals surface area contributed by atoms with E-state index in [0.29, 0.717) is 18.0 Å². The molecule has 4 rings (SSSR count). The number of rotatable bonds is 6. The van der Waals surface area contributed by atoms with Crippen LogP contribution in [0.4, 0.5) is 5.69 Å². The van der Waals surface area contributed by atoms with Gasteiger partial charge in [0.15, 0.2) is 6.10 Å². The lowest BCUT2D eigenvalue weighted by atomic mass is 10.1. The summed E-state index contributed by atoms with van der Waals surface area (Å²) in [4.78, 5) is 33.8. The molecule has 1 aromatic carbocycles. The van der Waals surface area contributed by atoms with E-state index in [1.807, 2.05) is 28.5 Å². The SMILES string of the molecule is COCCc1nc(-c2ccc3c(c2)N(CC(=O)N2CCCCC2)C(=O)C(C)O3)cs1. The second-order valence-electron chi connectivity index (χ2n) is 7.68. The van der Waals surface area contributed by atoms with Gasteiger partial charge in [-0.2, -0.15) is 0 Å². The Hall–Kier alpha value is -2.45. The predicted octanol–water partition coefficient (Wildman–Crippen LogP) is 3.13. The number of piperidine rings is 1. The van der Waals surface area contributed by atoms with Gasteiger partial charge in [0, 0.05) is 37.6 Å². The number of ether oxygens (including phenoxy) is 2. The molecule has 30 heavy (non-hydrogen) atoms. The van der Waals surface area contributed by atoms with Gasteiger partial charge in [0.05, 0.1) is 23.0 Å². The Morgan fingerprint density at radius 1 is 1.30 bits per heavy atom. The van der Waals surface area contributed by atoms with Crippen LogP contribution in [0, 0.1) is 0 Å². The first-order valence-corrected chi connectivity index (χ1v) is 11.3. The smallest absolute Gasteiger partial charge is 0.268 e. The third kappa shape index (κ3) is 4.34. The minimum absolute atomic E-state index is 0.0102. The number of anilines is 1. The fourth-order valence-electron chi connectivity index (χ4n) is 3.86. The Kier molecular flexibility index (Phi) is 6.34. The van der Waals surface area contributed by atoms with Crippen LogP contribution < -0.4 is 9.64 Å². The molecule has 7 nitrogen and oxygen atoms in total. The van der Waals surface area contributed by atoms with Crippen LogP contribution in [0.15, 0.2) is 23.6 Å². The van der Waals surface area contributed by atoms with Gasteiger partial charge in [-0.1, -0.05) is 0 Å². The average Bonchev–Trinajstić information content (AvgIpc) is 3.24. The second kappa shape index (κ2) is 9.14. The standard InChI is InChI=1S/C22H27N3O4S/c1-15-22(27)25(13-21(26)24-9-4-3-5-10-24)18-12-16(6-7-19(18)29-15)17-14-30-20(23-17)8-11-28-2/h6-7,12,14-15H,3-5,8-11,13H2,1-2H3. The number of amides is 2. The van der Waals surface area contributed by atoms with Crippen molar-refractivity contribution in [3.05, 3.63) is 28.6 Å². The molecule has 0 N–H and O–H groups in total. The van der Waals surface area contributed by atoms with Crippen molar-refractivity contribution in [1.82, 2.24) is 9.88 Å². The summed E-state index contributed by atoms with van der Waals surface area (Å²) in [7, 11) is 1.68. The number of carbonyl (C=O) groups is 2. The van der Waals surface area contributed by atoms with Crippen molar-refractivity contribution < 1.29 is 19.1 Å². The Morgan fingerprint density at radius 2 is 2.10 bits per heavy atom. The third-order valence-corrected chi connectivity index (χ3v) is 6.45. The Bertz CT molecular complexity index is 923.